The number of Topliss-reactive ketones (excluding diaryl/α,β-unsaturated/α-hetero) is 1. The zero-order valence-electron chi connectivity index (χ0n) is 17.0. The Morgan fingerprint density at radius 3 is 2.79 bits per heavy atom. The Kier molecular flexibility index (Phi) is 6.20. The molecule has 150 valence electrons. The van der Waals surface area contributed by atoms with Gasteiger partial charge in [-0.25, -0.2) is 0 Å². The molecule has 0 atom stereocenters. The lowest BCUT2D eigenvalue weighted by molar-refractivity contribution is 0.0943. The van der Waals surface area contributed by atoms with E-state index < -0.39 is 0 Å². The fourth-order valence-electron chi connectivity index (χ4n) is 4.93. The number of halogens is 1. The molecule has 0 unspecified atom stereocenters. The van der Waals surface area contributed by atoms with E-state index in [0.717, 1.165) is 37.9 Å². The van der Waals surface area contributed by atoms with Gasteiger partial charge in [0.1, 0.15) is 5.69 Å². The van der Waals surface area contributed by atoms with Crippen molar-refractivity contribution in [2.45, 2.75) is 77.7 Å². The zero-order valence-corrected chi connectivity index (χ0v) is 17.7. The molecule has 2 aliphatic carbocycles. The number of hydrogen-bond donors (Lipinski definition) is 0. The molecule has 1 saturated carbocycles. The molecule has 2 aliphatic rings. The third-order valence-corrected chi connectivity index (χ3v) is 6.67. The highest BCUT2D eigenvalue weighted by molar-refractivity contribution is 6.17. The van der Waals surface area contributed by atoms with Crippen LogP contribution >= 0.6 is 11.6 Å². The van der Waals surface area contributed by atoms with E-state index in [4.69, 9.17) is 16.7 Å². The molecule has 28 heavy (non-hydrogen) atoms. The second kappa shape index (κ2) is 8.82. The number of rotatable bonds is 8. The number of carbonyl (C=O) groups excluding carboxylic acids is 1. The van der Waals surface area contributed by atoms with Crippen molar-refractivity contribution in [3.05, 3.63) is 40.6 Å². The van der Waals surface area contributed by atoms with Gasteiger partial charge in [-0.05, 0) is 31.2 Å². The minimum absolute atomic E-state index is 0.257. The molecule has 0 aliphatic heterocycles. The number of alkyl halides is 1. The summed E-state index contributed by atoms with van der Waals surface area (Å²) in [5.41, 5.74) is 6.98. The lowest BCUT2D eigenvalue weighted by Gasteiger charge is -2.20. The van der Waals surface area contributed by atoms with Crippen LogP contribution in [0.15, 0.2) is 18.2 Å². The number of benzene rings is 1. The van der Waals surface area contributed by atoms with Crippen LogP contribution in [0.5, 0.6) is 0 Å². The summed E-state index contributed by atoms with van der Waals surface area (Å²) in [5.74, 6) is 1.52. The zero-order chi connectivity index (χ0) is 19.5. The summed E-state index contributed by atoms with van der Waals surface area (Å²) in [6.07, 6.45) is 11.0. The van der Waals surface area contributed by atoms with Gasteiger partial charge in [-0.3, -0.25) is 9.48 Å². The first-order valence-corrected chi connectivity index (χ1v) is 11.5. The SMILES string of the molecule is Cc1ccc2c(c1)Cc1c(C(=O)CC3CCCCC3)nn(CCCCCCl)c1-2. The van der Waals surface area contributed by atoms with Crippen LogP contribution in [0.25, 0.3) is 11.3 Å². The molecule has 0 bridgehead atoms. The van der Waals surface area contributed by atoms with E-state index in [0.29, 0.717) is 18.2 Å². The highest BCUT2D eigenvalue weighted by Gasteiger charge is 2.31. The fraction of sp³-hybridized carbons (Fsp3) is 0.583. The van der Waals surface area contributed by atoms with Crippen LogP contribution in [0, 0.1) is 12.8 Å². The van der Waals surface area contributed by atoms with Crippen LogP contribution in [0.3, 0.4) is 0 Å². The van der Waals surface area contributed by atoms with Gasteiger partial charge in [-0.15, -0.1) is 11.6 Å². The Balaban J connectivity index is 1.61. The number of unbranched alkanes of at least 4 members (excludes halogenated alkanes) is 2. The van der Waals surface area contributed by atoms with Gasteiger partial charge < -0.3 is 0 Å². The largest absolute Gasteiger partial charge is 0.292 e. The summed E-state index contributed by atoms with van der Waals surface area (Å²) >= 11 is 5.83. The maximum atomic E-state index is 13.2. The predicted octanol–water partition coefficient (Wildman–Crippen LogP) is 6.32. The third-order valence-electron chi connectivity index (χ3n) is 6.40. The van der Waals surface area contributed by atoms with E-state index in [-0.39, 0.29) is 5.78 Å². The van der Waals surface area contributed by atoms with Crippen LogP contribution in [0.1, 0.15) is 85.0 Å². The topological polar surface area (TPSA) is 34.9 Å². The first-order valence-electron chi connectivity index (χ1n) is 11.0. The lowest BCUT2D eigenvalue weighted by atomic mass is 9.85. The van der Waals surface area contributed by atoms with Crippen LogP contribution < -0.4 is 0 Å². The standard InChI is InChI=1S/C24H31ClN2O/c1-17-10-11-20-19(14-17)16-21-23(22(28)15-18-8-4-2-5-9-18)26-27(24(20)21)13-7-3-6-12-25/h10-11,14,18H,2-9,12-13,15-16H2,1H3. The van der Waals surface area contributed by atoms with Gasteiger partial charge in [0, 0.05) is 36.4 Å². The molecule has 1 fully saturated rings. The van der Waals surface area contributed by atoms with Crippen molar-refractivity contribution in [3.8, 4) is 11.3 Å². The normalized spacial score (nSPS) is 16.2. The molecule has 0 N–H and O–H groups in total. The molecule has 1 aromatic heterocycles. The number of aromatic nitrogens is 2. The summed E-state index contributed by atoms with van der Waals surface area (Å²) < 4.78 is 2.11. The van der Waals surface area contributed by atoms with E-state index in [9.17, 15) is 4.79 Å². The lowest BCUT2D eigenvalue weighted by Crippen LogP contribution is -2.14. The highest BCUT2D eigenvalue weighted by Crippen LogP contribution is 2.40. The van der Waals surface area contributed by atoms with Crippen molar-refractivity contribution in [1.29, 1.82) is 0 Å². The molecule has 2 aromatic rings. The average molecular weight is 399 g/mol. The van der Waals surface area contributed by atoms with Crippen molar-refractivity contribution in [2.75, 3.05) is 5.88 Å². The number of ketones is 1. The minimum Gasteiger partial charge on any atom is -0.292 e. The van der Waals surface area contributed by atoms with Crippen LogP contribution in [0.2, 0.25) is 0 Å². The van der Waals surface area contributed by atoms with Crippen molar-refractivity contribution >= 4 is 17.4 Å². The third kappa shape index (κ3) is 4.05. The monoisotopic (exact) mass is 398 g/mol. The van der Waals surface area contributed by atoms with Gasteiger partial charge in [0.25, 0.3) is 0 Å². The van der Waals surface area contributed by atoms with Crippen LogP contribution in [-0.4, -0.2) is 21.4 Å². The molecule has 0 radical (unpaired) electrons. The predicted molar refractivity (Wildman–Crippen MR) is 115 cm³/mol. The van der Waals surface area contributed by atoms with Crippen LogP contribution in [-0.2, 0) is 13.0 Å². The quantitative estimate of drug-likeness (QED) is 0.252. The van der Waals surface area contributed by atoms with E-state index in [2.05, 4.69) is 29.8 Å². The number of fused-ring (bicyclic) bond motifs is 3. The summed E-state index contributed by atoms with van der Waals surface area (Å²) in [5, 5.41) is 4.85. The molecule has 1 aromatic carbocycles. The number of nitrogens with zero attached hydrogens (tertiary/aromatic N) is 2. The molecule has 3 nitrogen and oxygen atoms in total. The first-order chi connectivity index (χ1) is 13.7. The maximum absolute atomic E-state index is 13.2. The Morgan fingerprint density at radius 2 is 2.00 bits per heavy atom. The number of carbonyl (C=O) groups is 1. The molecule has 1 heterocycles. The number of hydrogen-bond acceptors (Lipinski definition) is 2. The van der Waals surface area contributed by atoms with Gasteiger partial charge in [-0.1, -0.05) is 62.3 Å². The van der Waals surface area contributed by atoms with Gasteiger partial charge in [0.05, 0.1) is 5.69 Å². The second-order valence-electron chi connectivity index (χ2n) is 8.62. The van der Waals surface area contributed by atoms with E-state index >= 15 is 0 Å². The van der Waals surface area contributed by atoms with E-state index in [1.807, 2.05) is 0 Å². The highest BCUT2D eigenvalue weighted by atomic mass is 35.5. The molecular formula is C24H31ClN2O. The van der Waals surface area contributed by atoms with Gasteiger partial charge in [-0.2, -0.15) is 5.10 Å². The molecule has 0 amide bonds. The van der Waals surface area contributed by atoms with Crippen LogP contribution in [0.4, 0.5) is 0 Å². The average Bonchev–Trinajstić information content (AvgIpc) is 3.23. The molecule has 0 saturated heterocycles. The maximum Gasteiger partial charge on any atom is 0.183 e. The Hall–Kier alpha value is -1.61. The smallest absolute Gasteiger partial charge is 0.183 e. The number of aryl methyl sites for hydroxylation is 2. The van der Waals surface area contributed by atoms with Crippen molar-refractivity contribution in [2.24, 2.45) is 5.92 Å². The summed E-state index contributed by atoms with van der Waals surface area (Å²) in [7, 11) is 0. The van der Waals surface area contributed by atoms with Crippen molar-refractivity contribution in [1.82, 2.24) is 9.78 Å². The summed E-state index contributed by atoms with van der Waals surface area (Å²) in [4.78, 5) is 13.2. The van der Waals surface area contributed by atoms with E-state index in [1.165, 1.54) is 60.1 Å². The van der Waals surface area contributed by atoms with Crippen molar-refractivity contribution in [3.63, 3.8) is 0 Å². The van der Waals surface area contributed by atoms with Gasteiger partial charge in [0.2, 0.25) is 0 Å². The summed E-state index contributed by atoms with van der Waals surface area (Å²) in [6.45, 7) is 3.00. The first kappa shape index (κ1) is 19.7. The van der Waals surface area contributed by atoms with E-state index in [1.54, 1.807) is 0 Å². The Bertz CT molecular complexity index is 849. The van der Waals surface area contributed by atoms with Gasteiger partial charge >= 0.3 is 0 Å². The molecule has 4 rings (SSSR count). The Labute approximate surface area is 173 Å². The minimum atomic E-state index is 0.257. The van der Waals surface area contributed by atoms with Crippen molar-refractivity contribution < 1.29 is 4.79 Å². The summed E-state index contributed by atoms with van der Waals surface area (Å²) in [6, 6.07) is 6.65. The molecule has 0 spiro atoms. The molecule has 4 heteroatoms. The Morgan fingerprint density at radius 1 is 1.18 bits per heavy atom. The van der Waals surface area contributed by atoms with Gasteiger partial charge in [0.15, 0.2) is 5.78 Å². The fourth-order valence-corrected chi connectivity index (χ4v) is 5.12. The second-order valence-corrected chi connectivity index (χ2v) is 9.00. The molecular weight excluding hydrogens is 368 g/mol.